The molecule has 1 aromatic heterocycles. The third-order valence-electron chi connectivity index (χ3n) is 2.05. The monoisotopic (exact) mass is 328 g/mol. The largest absolute Gasteiger partial charge is 0.431 e. The lowest BCUT2D eigenvalue weighted by atomic mass is 10.3. The molecule has 0 saturated heterocycles. The van der Waals surface area contributed by atoms with Gasteiger partial charge in [0.15, 0.2) is 0 Å². The molecule has 2 rings (SSSR count). The van der Waals surface area contributed by atoms with Crippen LogP contribution in [-0.4, -0.2) is 9.91 Å². The predicted octanol–water partition coefficient (Wildman–Crippen LogP) is 4.20. The van der Waals surface area contributed by atoms with E-state index in [0.29, 0.717) is 4.47 Å². The third kappa shape index (κ3) is 2.77. The smallest absolute Gasteiger partial charge is 0.313 e. The van der Waals surface area contributed by atoms with Gasteiger partial charge in [0, 0.05) is 17.3 Å². The van der Waals surface area contributed by atoms with E-state index in [2.05, 4.69) is 20.9 Å². The first kappa shape index (κ1) is 12.8. The van der Waals surface area contributed by atoms with Crippen LogP contribution in [0, 0.1) is 10.1 Å². The van der Waals surface area contributed by atoms with E-state index in [1.54, 1.807) is 12.1 Å². The van der Waals surface area contributed by atoms with Crippen molar-refractivity contribution in [3.63, 3.8) is 0 Å². The van der Waals surface area contributed by atoms with Crippen molar-refractivity contribution in [2.75, 3.05) is 0 Å². The number of hydrogen-bond acceptors (Lipinski definition) is 4. The van der Waals surface area contributed by atoms with Crippen LogP contribution in [0.15, 0.2) is 41.0 Å². The molecular weight excluding hydrogens is 323 g/mol. The second-order valence-corrected chi connectivity index (χ2v) is 4.55. The number of nitrogens with zero attached hydrogens (tertiary/aromatic N) is 2. The summed E-state index contributed by atoms with van der Waals surface area (Å²) >= 11 is 8.96. The Labute approximate surface area is 116 Å². The molecule has 0 atom stereocenters. The fourth-order valence-electron chi connectivity index (χ4n) is 1.27. The molecule has 0 fully saturated rings. The Morgan fingerprint density at radius 1 is 1.39 bits per heavy atom. The van der Waals surface area contributed by atoms with Gasteiger partial charge >= 0.3 is 5.69 Å². The van der Waals surface area contributed by atoms with Crippen LogP contribution in [0.1, 0.15) is 0 Å². The third-order valence-corrected chi connectivity index (χ3v) is 2.89. The Hall–Kier alpha value is -1.66. The quantitative estimate of drug-likeness (QED) is 0.625. The molecule has 0 aliphatic heterocycles. The Balaban J connectivity index is 2.41. The van der Waals surface area contributed by atoms with E-state index in [1.807, 2.05) is 0 Å². The summed E-state index contributed by atoms with van der Waals surface area (Å²) < 4.78 is 6.00. The zero-order valence-corrected chi connectivity index (χ0v) is 11.2. The van der Waals surface area contributed by atoms with Crippen molar-refractivity contribution >= 4 is 33.2 Å². The zero-order chi connectivity index (χ0) is 13.1. The summed E-state index contributed by atoms with van der Waals surface area (Å²) in [5.74, 6) is 0.340. The first-order chi connectivity index (χ1) is 8.58. The first-order valence-electron chi connectivity index (χ1n) is 4.80. The Morgan fingerprint density at radius 3 is 2.83 bits per heavy atom. The number of ether oxygens (including phenoxy) is 1. The van der Waals surface area contributed by atoms with Gasteiger partial charge in [-0.3, -0.25) is 10.1 Å². The zero-order valence-electron chi connectivity index (χ0n) is 8.84. The number of aromatic nitrogens is 1. The molecule has 0 bridgehead atoms. The van der Waals surface area contributed by atoms with E-state index >= 15 is 0 Å². The van der Waals surface area contributed by atoms with E-state index in [9.17, 15) is 10.1 Å². The Kier molecular flexibility index (Phi) is 3.78. The molecule has 0 amide bonds. The van der Waals surface area contributed by atoms with Gasteiger partial charge in [0.2, 0.25) is 11.6 Å². The SMILES string of the molecule is O=[N+]([O-])c1cc(Cl)ccc1Oc1ncccc1Br. The molecule has 0 saturated carbocycles. The summed E-state index contributed by atoms with van der Waals surface area (Å²) in [5, 5.41) is 11.2. The lowest BCUT2D eigenvalue weighted by Crippen LogP contribution is -1.95. The molecular formula is C11H6BrClN2O3. The molecule has 1 heterocycles. The van der Waals surface area contributed by atoms with Crippen LogP contribution in [0.2, 0.25) is 5.02 Å². The van der Waals surface area contributed by atoms with Crippen molar-refractivity contribution in [2.45, 2.75) is 0 Å². The van der Waals surface area contributed by atoms with Crippen LogP contribution in [0.5, 0.6) is 11.6 Å². The number of nitro benzene ring substituents is 1. The highest BCUT2D eigenvalue weighted by Crippen LogP contribution is 2.35. The van der Waals surface area contributed by atoms with Gasteiger partial charge in [-0.25, -0.2) is 4.98 Å². The van der Waals surface area contributed by atoms with E-state index < -0.39 is 4.92 Å². The topological polar surface area (TPSA) is 65.3 Å². The summed E-state index contributed by atoms with van der Waals surface area (Å²) in [7, 11) is 0. The lowest BCUT2D eigenvalue weighted by molar-refractivity contribution is -0.385. The van der Waals surface area contributed by atoms with Gasteiger partial charge in [-0.15, -0.1) is 0 Å². The van der Waals surface area contributed by atoms with Gasteiger partial charge in [-0.1, -0.05) is 11.6 Å². The van der Waals surface area contributed by atoms with Crippen LogP contribution in [0.3, 0.4) is 0 Å². The summed E-state index contributed by atoms with van der Waals surface area (Å²) in [4.78, 5) is 14.3. The fraction of sp³-hybridized carbons (Fsp3) is 0. The average Bonchev–Trinajstić information content (AvgIpc) is 2.34. The second kappa shape index (κ2) is 5.32. The van der Waals surface area contributed by atoms with Gasteiger partial charge < -0.3 is 4.74 Å². The van der Waals surface area contributed by atoms with Crippen LogP contribution < -0.4 is 4.74 Å². The van der Waals surface area contributed by atoms with Crippen molar-refractivity contribution in [1.82, 2.24) is 4.98 Å². The molecule has 0 aliphatic rings. The maximum atomic E-state index is 10.9. The van der Waals surface area contributed by atoms with Crippen LogP contribution in [0.4, 0.5) is 5.69 Å². The molecule has 18 heavy (non-hydrogen) atoms. The normalized spacial score (nSPS) is 10.1. The predicted molar refractivity (Wildman–Crippen MR) is 70.1 cm³/mol. The maximum absolute atomic E-state index is 10.9. The van der Waals surface area contributed by atoms with Gasteiger partial charge in [0.1, 0.15) is 0 Å². The number of rotatable bonds is 3. The highest BCUT2D eigenvalue weighted by atomic mass is 79.9. The number of nitro groups is 1. The Morgan fingerprint density at radius 2 is 2.17 bits per heavy atom. The van der Waals surface area contributed by atoms with Gasteiger partial charge in [0.25, 0.3) is 0 Å². The van der Waals surface area contributed by atoms with Crippen LogP contribution in [-0.2, 0) is 0 Å². The number of hydrogen-bond donors (Lipinski definition) is 0. The van der Waals surface area contributed by atoms with Crippen molar-refractivity contribution in [3.8, 4) is 11.6 Å². The minimum absolute atomic E-state index is 0.0869. The molecule has 0 radical (unpaired) electrons. The molecule has 2 aromatic rings. The average molecular weight is 330 g/mol. The molecule has 0 N–H and O–H groups in total. The Bertz CT molecular complexity index is 607. The number of halogens is 2. The van der Waals surface area contributed by atoms with Gasteiger partial charge in [-0.2, -0.15) is 0 Å². The molecule has 0 unspecified atom stereocenters. The summed E-state index contributed by atoms with van der Waals surface area (Å²) in [5.41, 5.74) is -0.208. The van der Waals surface area contributed by atoms with E-state index in [-0.39, 0.29) is 22.3 Å². The molecule has 5 nitrogen and oxygen atoms in total. The molecule has 1 aromatic carbocycles. The summed E-state index contributed by atoms with van der Waals surface area (Å²) in [6, 6.07) is 7.62. The second-order valence-electron chi connectivity index (χ2n) is 3.26. The van der Waals surface area contributed by atoms with E-state index in [1.165, 1.54) is 24.4 Å². The highest BCUT2D eigenvalue weighted by molar-refractivity contribution is 9.10. The van der Waals surface area contributed by atoms with E-state index in [4.69, 9.17) is 16.3 Å². The lowest BCUT2D eigenvalue weighted by Gasteiger charge is -2.06. The van der Waals surface area contributed by atoms with Crippen molar-refractivity contribution in [1.29, 1.82) is 0 Å². The molecule has 92 valence electrons. The van der Waals surface area contributed by atoms with Crippen molar-refractivity contribution in [2.24, 2.45) is 0 Å². The van der Waals surface area contributed by atoms with E-state index in [0.717, 1.165) is 0 Å². The summed E-state index contributed by atoms with van der Waals surface area (Å²) in [6.07, 6.45) is 1.53. The fourth-order valence-corrected chi connectivity index (χ4v) is 1.77. The first-order valence-corrected chi connectivity index (χ1v) is 5.97. The minimum atomic E-state index is -0.557. The van der Waals surface area contributed by atoms with Crippen molar-refractivity contribution < 1.29 is 9.66 Å². The number of pyridine rings is 1. The highest BCUT2D eigenvalue weighted by Gasteiger charge is 2.17. The molecule has 0 spiro atoms. The van der Waals surface area contributed by atoms with Gasteiger partial charge in [-0.05, 0) is 40.2 Å². The van der Waals surface area contributed by atoms with Crippen LogP contribution in [0.25, 0.3) is 0 Å². The van der Waals surface area contributed by atoms with Crippen LogP contribution >= 0.6 is 27.5 Å². The minimum Gasteiger partial charge on any atom is -0.431 e. The molecule has 7 heteroatoms. The standard InChI is InChI=1S/C11H6BrClN2O3/c12-8-2-1-5-14-11(8)18-10-4-3-7(13)6-9(10)15(16)17/h1-6H. The van der Waals surface area contributed by atoms with Crippen molar-refractivity contribution in [3.05, 3.63) is 56.1 Å². The number of benzene rings is 1. The summed E-state index contributed by atoms with van der Waals surface area (Å²) in [6.45, 7) is 0. The van der Waals surface area contributed by atoms with Gasteiger partial charge in [0.05, 0.1) is 9.40 Å². The maximum Gasteiger partial charge on any atom is 0.313 e. The molecule has 0 aliphatic carbocycles.